The van der Waals surface area contributed by atoms with Gasteiger partial charge in [-0.05, 0) is 50.7 Å². The van der Waals surface area contributed by atoms with Crippen molar-refractivity contribution in [3.05, 3.63) is 31.4 Å². The minimum absolute atomic E-state index is 0.0816. The van der Waals surface area contributed by atoms with Gasteiger partial charge in [-0.15, -0.1) is 0 Å². The molecule has 1 aliphatic rings. The molecule has 1 amide bonds. The minimum atomic E-state index is -0.591. The van der Waals surface area contributed by atoms with E-state index in [9.17, 15) is 9.59 Å². The molecule has 1 heterocycles. The van der Waals surface area contributed by atoms with Crippen molar-refractivity contribution in [1.29, 1.82) is 0 Å². The Balaban J connectivity index is 2.47. The van der Waals surface area contributed by atoms with E-state index in [0.29, 0.717) is 15.9 Å². The van der Waals surface area contributed by atoms with Crippen molar-refractivity contribution in [2.45, 2.75) is 0 Å². The van der Waals surface area contributed by atoms with Crippen LogP contribution in [0.5, 0.6) is 5.75 Å². The first-order valence-electron chi connectivity index (χ1n) is 6.95. The molecule has 0 aliphatic carbocycles. The molecule has 0 aromatic heterocycles. The molecular formula is C15H16BrIN2O5. The summed E-state index contributed by atoms with van der Waals surface area (Å²) in [4.78, 5) is 25.9. The molecule has 0 spiro atoms. The molecule has 1 aliphatic heterocycles. The highest BCUT2D eigenvalue weighted by Gasteiger charge is 2.35. The van der Waals surface area contributed by atoms with Gasteiger partial charge in [-0.2, -0.15) is 0 Å². The molecule has 0 saturated heterocycles. The number of amides is 1. The second-order valence-electron chi connectivity index (χ2n) is 4.86. The highest BCUT2D eigenvalue weighted by molar-refractivity contribution is 14.1. The summed E-state index contributed by atoms with van der Waals surface area (Å²) in [7, 11) is 2.79. The van der Waals surface area contributed by atoms with Crippen LogP contribution in [0.25, 0.3) is 0 Å². The summed E-state index contributed by atoms with van der Waals surface area (Å²) in [5.41, 5.74) is 0.875. The summed E-state index contributed by atoms with van der Waals surface area (Å²) < 4.78 is 11.7. The minimum Gasteiger partial charge on any atom is -0.493 e. The number of ether oxygens (including phenoxy) is 2. The highest BCUT2D eigenvalue weighted by atomic mass is 127. The number of aliphatic hydroxyl groups excluding tert-OH is 1. The summed E-state index contributed by atoms with van der Waals surface area (Å²) in [5, 5.41) is 12.1. The first-order valence-corrected chi connectivity index (χ1v) is 8.82. The number of β-amino-alcohol motifs (C(OH)–C–C–N with tert-alkyl or cyclic N) is 1. The molecule has 2 rings (SSSR count). The molecule has 0 saturated carbocycles. The van der Waals surface area contributed by atoms with Gasteiger partial charge in [-0.3, -0.25) is 4.79 Å². The molecule has 1 aromatic carbocycles. The van der Waals surface area contributed by atoms with E-state index in [1.54, 1.807) is 0 Å². The molecule has 2 N–H and O–H groups in total. The quantitative estimate of drug-likeness (QED) is 0.447. The maximum absolute atomic E-state index is 12.6. The number of esters is 1. The van der Waals surface area contributed by atoms with Gasteiger partial charge in [-0.25, -0.2) is 4.79 Å². The topological polar surface area (TPSA) is 88.1 Å². The lowest BCUT2D eigenvalue weighted by Gasteiger charge is -2.17. The third-order valence-corrected chi connectivity index (χ3v) is 4.98. The number of hydrogen-bond acceptors (Lipinski definition) is 6. The molecule has 7 nitrogen and oxygen atoms in total. The Hall–Kier alpha value is -1.33. The second-order valence-corrected chi connectivity index (χ2v) is 6.87. The molecule has 0 atom stereocenters. The Kier molecular flexibility index (Phi) is 6.47. The van der Waals surface area contributed by atoms with Gasteiger partial charge in [0.25, 0.3) is 5.91 Å². The monoisotopic (exact) mass is 510 g/mol. The van der Waals surface area contributed by atoms with Crippen molar-refractivity contribution in [2.24, 2.45) is 0 Å². The molecule has 24 heavy (non-hydrogen) atoms. The number of nitrogens with one attached hydrogen (secondary N) is 1. The molecule has 130 valence electrons. The Morgan fingerprint density at radius 1 is 1.46 bits per heavy atom. The van der Waals surface area contributed by atoms with Gasteiger partial charge in [0.15, 0.2) is 5.75 Å². The van der Waals surface area contributed by atoms with E-state index in [4.69, 9.17) is 14.6 Å². The van der Waals surface area contributed by atoms with Crippen LogP contribution in [0.4, 0.5) is 5.69 Å². The largest absolute Gasteiger partial charge is 0.493 e. The van der Waals surface area contributed by atoms with Gasteiger partial charge >= 0.3 is 5.97 Å². The number of carbonyl (C=O) groups excluding carboxylic acids is 2. The third-order valence-electron chi connectivity index (χ3n) is 3.47. The van der Waals surface area contributed by atoms with Gasteiger partial charge in [0.1, 0.15) is 5.70 Å². The lowest BCUT2D eigenvalue weighted by atomic mass is 10.2. The SMILES string of the molecule is COC(=O)C1=C(Nc2c(Br)ccc(I)c2OC)C(=O)N(CCO)C1. The first-order chi connectivity index (χ1) is 11.4. The summed E-state index contributed by atoms with van der Waals surface area (Å²) in [6, 6.07) is 3.68. The molecular weight excluding hydrogens is 495 g/mol. The molecule has 9 heteroatoms. The average molecular weight is 511 g/mol. The van der Waals surface area contributed by atoms with Gasteiger partial charge in [0.2, 0.25) is 0 Å². The van der Waals surface area contributed by atoms with Crippen molar-refractivity contribution in [3.63, 3.8) is 0 Å². The normalized spacial score (nSPS) is 14.2. The van der Waals surface area contributed by atoms with E-state index in [2.05, 4.69) is 43.8 Å². The van der Waals surface area contributed by atoms with E-state index < -0.39 is 5.97 Å². The Labute approximate surface area is 161 Å². The van der Waals surface area contributed by atoms with Gasteiger partial charge < -0.3 is 24.8 Å². The predicted molar refractivity (Wildman–Crippen MR) is 99.7 cm³/mol. The lowest BCUT2D eigenvalue weighted by molar-refractivity contribution is -0.136. The number of anilines is 1. The molecule has 0 fully saturated rings. The van der Waals surface area contributed by atoms with Crippen LogP contribution in [0.3, 0.4) is 0 Å². The van der Waals surface area contributed by atoms with E-state index >= 15 is 0 Å². The maximum Gasteiger partial charge on any atom is 0.337 e. The number of hydrogen-bond donors (Lipinski definition) is 2. The number of benzene rings is 1. The van der Waals surface area contributed by atoms with E-state index in [-0.39, 0.29) is 36.9 Å². The van der Waals surface area contributed by atoms with Crippen LogP contribution in [0.15, 0.2) is 27.9 Å². The Bertz CT molecular complexity index is 707. The van der Waals surface area contributed by atoms with Crippen molar-refractivity contribution in [3.8, 4) is 5.75 Å². The van der Waals surface area contributed by atoms with Gasteiger partial charge in [0.05, 0.1) is 42.2 Å². The zero-order valence-corrected chi connectivity index (χ0v) is 16.8. The van der Waals surface area contributed by atoms with Crippen LogP contribution in [0.1, 0.15) is 0 Å². The molecule has 1 aromatic rings. The van der Waals surface area contributed by atoms with E-state index in [1.807, 2.05) is 12.1 Å². The summed E-state index contributed by atoms with van der Waals surface area (Å²) in [6.07, 6.45) is 0. The zero-order chi connectivity index (χ0) is 17.9. The first kappa shape index (κ1) is 19.0. The Morgan fingerprint density at radius 3 is 2.75 bits per heavy atom. The smallest absolute Gasteiger partial charge is 0.337 e. The Morgan fingerprint density at radius 2 is 2.17 bits per heavy atom. The number of nitrogens with zero attached hydrogens (tertiary/aromatic N) is 1. The van der Waals surface area contributed by atoms with E-state index in [0.717, 1.165) is 3.57 Å². The molecule has 0 radical (unpaired) electrons. The van der Waals surface area contributed by atoms with Gasteiger partial charge in [-0.1, -0.05) is 0 Å². The maximum atomic E-state index is 12.6. The fourth-order valence-electron chi connectivity index (χ4n) is 2.32. The van der Waals surface area contributed by atoms with Crippen molar-refractivity contribution in [2.75, 3.05) is 39.2 Å². The van der Waals surface area contributed by atoms with Crippen molar-refractivity contribution < 1.29 is 24.2 Å². The van der Waals surface area contributed by atoms with Crippen LogP contribution < -0.4 is 10.1 Å². The van der Waals surface area contributed by atoms with Crippen LogP contribution in [0.2, 0.25) is 0 Å². The lowest BCUT2D eigenvalue weighted by Crippen LogP contribution is -2.31. The number of rotatable bonds is 6. The number of methoxy groups -OCH3 is 2. The fraction of sp³-hybridized carbons (Fsp3) is 0.333. The van der Waals surface area contributed by atoms with Crippen LogP contribution in [-0.4, -0.2) is 55.8 Å². The van der Waals surface area contributed by atoms with Crippen LogP contribution >= 0.6 is 38.5 Å². The van der Waals surface area contributed by atoms with Crippen LogP contribution in [0, 0.1) is 3.57 Å². The predicted octanol–water partition coefficient (Wildman–Crippen LogP) is 1.74. The summed E-state index contributed by atoms with van der Waals surface area (Å²) >= 11 is 5.54. The zero-order valence-electron chi connectivity index (χ0n) is 13.1. The standard InChI is InChI=1S/C15H16BrIN2O5/c1-23-13-10(17)4-3-9(16)12(13)18-11-8(15(22)24-2)7-19(5-6-20)14(11)21/h3-4,18,20H,5-7H2,1-2H3. The summed E-state index contributed by atoms with van der Waals surface area (Å²) in [6.45, 7) is 0.0249. The fourth-order valence-corrected chi connectivity index (χ4v) is 3.40. The summed E-state index contributed by atoms with van der Waals surface area (Å²) in [5.74, 6) is -0.417. The highest BCUT2D eigenvalue weighted by Crippen LogP contribution is 2.38. The molecule has 0 bridgehead atoms. The van der Waals surface area contributed by atoms with Gasteiger partial charge in [0, 0.05) is 11.0 Å². The third kappa shape index (κ3) is 3.67. The average Bonchev–Trinajstić information content (AvgIpc) is 2.87. The number of halogens is 2. The number of carbonyl (C=O) groups is 2. The van der Waals surface area contributed by atoms with Crippen LogP contribution in [-0.2, 0) is 14.3 Å². The van der Waals surface area contributed by atoms with Crippen molar-refractivity contribution in [1.82, 2.24) is 4.90 Å². The second kappa shape index (κ2) is 8.17. The van der Waals surface area contributed by atoms with E-state index in [1.165, 1.54) is 19.1 Å². The van der Waals surface area contributed by atoms with Crippen molar-refractivity contribution >= 4 is 56.1 Å². The number of aliphatic hydroxyl groups is 1. The molecule has 0 unspecified atom stereocenters.